The van der Waals surface area contributed by atoms with Crippen LogP contribution in [0.5, 0.6) is 0 Å². The lowest BCUT2D eigenvalue weighted by Gasteiger charge is -2.21. The van der Waals surface area contributed by atoms with E-state index < -0.39 is 0 Å². The average Bonchev–Trinajstić information content (AvgIpc) is 2.41. The van der Waals surface area contributed by atoms with Crippen molar-refractivity contribution in [2.75, 3.05) is 11.9 Å². The first-order valence-electron chi connectivity index (χ1n) is 5.65. The third-order valence-corrected chi connectivity index (χ3v) is 3.10. The van der Waals surface area contributed by atoms with E-state index in [0.717, 1.165) is 11.3 Å². The molecule has 0 bridgehead atoms. The van der Waals surface area contributed by atoms with Gasteiger partial charge in [-0.2, -0.15) is 0 Å². The molecule has 0 spiro atoms. The van der Waals surface area contributed by atoms with Gasteiger partial charge >= 0.3 is 0 Å². The molecule has 0 aliphatic heterocycles. The van der Waals surface area contributed by atoms with Crippen LogP contribution in [0.4, 0.5) is 10.1 Å². The second-order valence-corrected chi connectivity index (χ2v) is 4.35. The van der Waals surface area contributed by atoms with Crippen LogP contribution in [-0.2, 0) is 12.4 Å². The fourth-order valence-corrected chi connectivity index (χ4v) is 2.06. The number of hydrogen-bond acceptors (Lipinski definition) is 2. The van der Waals surface area contributed by atoms with Gasteiger partial charge in [0.15, 0.2) is 0 Å². The molecule has 0 amide bonds. The highest BCUT2D eigenvalue weighted by Crippen LogP contribution is 2.22. The summed E-state index contributed by atoms with van der Waals surface area (Å²) >= 11 is 5.88. The van der Waals surface area contributed by atoms with Gasteiger partial charge in [0.2, 0.25) is 0 Å². The number of hydrogen-bond donors (Lipinski definition) is 0. The zero-order chi connectivity index (χ0) is 13.0. The highest BCUT2D eigenvalue weighted by atomic mass is 35.5. The minimum Gasteiger partial charge on any atom is -0.369 e. The first-order chi connectivity index (χ1) is 8.72. The number of benzene rings is 1. The monoisotopic (exact) mass is 264 g/mol. The van der Waals surface area contributed by atoms with Gasteiger partial charge in [0.05, 0.1) is 11.9 Å². The van der Waals surface area contributed by atoms with E-state index in [2.05, 4.69) is 4.98 Å². The summed E-state index contributed by atoms with van der Waals surface area (Å²) in [4.78, 5) is 6.03. The van der Waals surface area contributed by atoms with Crippen molar-refractivity contribution < 1.29 is 4.39 Å². The van der Waals surface area contributed by atoms with E-state index in [9.17, 15) is 4.39 Å². The SMILES string of the molecule is CN(Cc1ccccc1F)c1cnccc1CCl. The van der Waals surface area contributed by atoms with Crippen molar-refractivity contribution in [2.45, 2.75) is 12.4 Å². The van der Waals surface area contributed by atoms with Crippen molar-refractivity contribution in [1.29, 1.82) is 0 Å². The summed E-state index contributed by atoms with van der Waals surface area (Å²) in [5.41, 5.74) is 2.57. The predicted molar refractivity (Wildman–Crippen MR) is 72.3 cm³/mol. The van der Waals surface area contributed by atoms with Crippen LogP contribution < -0.4 is 4.90 Å². The summed E-state index contributed by atoms with van der Waals surface area (Å²) in [6, 6.07) is 8.64. The summed E-state index contributed by atoms with van der Waals surface area (Å²) in [7, 11) is 1.90. The molecule has 0 saturated carbocycles. The summed E-state index contributed by atoms with van der Waals surface area (Å²) in [5.74, 6) is 0.222. The fourth-order valence-electron chi connectivity index (χ4n) is 1.84. The zero-order valence-corrected chi connectivity index (χ0v) is 10.9. The van der Waals surface area contributed by atoms with Gasteiger partial charge in [0.1, 0.15) is 5.82 Å². The van der Waals surface area contributed by atoms with Gasteiger partial charge in [-0.3, -0.25) is 4.98 Å². The Morgan fingerprint density at radius 2 is 2.00 bits per heavy atom. The minimum absolute atomic E-state index is 0.194. The van der Waals surface area contributed by atoms with Gasteiger partial charge in [-0.15, -0.1) is 11.6 Å². The average molecular weight is 265 g/mol. The maximum Gasteiger partial charge on any atom is 0.128 e. The van der Waals surface area contributed by atoms with Crippen LogP contribution in [0.3, 0.4) is 0 Å². The zero-order valence-electron chi connectivity index (χ0n) is 10.1. The molecule has 1 aromatic heterocycles. The Bertz CT molecular complexity index is 531. The number of nitrogens with zero attached hydrogens (tertiary/aromatic N) is 2. The molecule has 0 aliphatic carbocycles. The molecule has 1 heterocycles. The molecule has 94 valence electrons. The van der Waals surface area contributed by atoms with E-state index in [-0.39, 0.29) is 5.82 Å². The van der Waals surface area contributed by atoms with E-state index in [1.807, 2.05) is 24.1 Å². The molecule has 18 heavy (non-hydrogen) atoms. The summed E-state index contributed by atoms with van der Waals surface area (Å²) in [6.45, 7) is 0.488. The van der Waals surface area contributed by atoms with E-state index >= 15 is 0 Å². The van der Waals surface area contributed by atoms with Crippen molar-refractivity contribution in [3.8, 4) is 0 Å². The van der Waals surface area contributed by atoms with Crippen molar-refractivity contribution in [3.63, 3.8) is 0 Å². The summed E-state index contributed by atoms with van der Waals surface area (Å²) < 4.78 is 13.6. The van der Waals surface area contributed by atoms with Gasteiger partial charge in [-0.05, 0) is 17.7 Å². The van der Waals surface area contributed by atoms with Gasteiger partial charge in [0, 0.05) is 31.2 Å². The lowest BCUT2D eigenvalue weighted by molar-refractivity contribution is 0.608. The Labute approximate surface area is 111 Å². The summed E-state index contributed by atoms with van der Waals surface area (Å²) in [6.07, 6.45) is 3.46. The van der Waals surface area contributed by atoms with E-state index in [1.165, 1.54) is 6.07 Å². The van der Waals surface area contributed by atoms with Gasteiger partial charge in [-0.1, -0.05) is 18.2 Å². The molecule has 0 unspecified atom stereocenters. The number of pyridine rings is 1. The molecule has 4 heteroatoms. The van der Waals surface area contributed by atoms with Crippen molar-refractivity contribution in [2.24, 2.45) is 0 Å². The first kappa shape index (κ1) is 12.8. The number of halogens is 2. The maximum atomic E-state index is 13.6. The molecular weight excluding hydrogens is 251 g/mol. The van der Waals surface area contributed by atoms with E-state index in [0.29, 0.717) is 18.0 Å². The van der Waals surface area contributed by atoms with Crippen LogP contribution in [0.2, 0.25) is 0 Å². The highest BCUT2D eigenvalue weighted by Gasteiger charge is 2.09. The molecule has 1 aromatic carbocycles. The van der Waals surface area contributed by atoms with E-state index in [1.54, 1.807) is 24.5 Å². The second kappa shape index (κ2) is 5.83. The smallest absolute Gasteiger partial charge is 0.128 e. The minimum atomic E-state index is -0.194. The fraction of sp³-hybridized carbons (Fsp3) is 0.214. The molecule has 0 atom stereocenters. The van der Waals surface area contributed by atoms with Crippen molar-refractivity contribution >= 4 is 17.3 Å². The van der Waals surface area contributed by atoms with Crippen LogP contribution in [0.1, 0.15) is 11.1 Å². The molecule has 0 radical (unpaired) electrons. The first-order valence-corrected chi connectivity index (χ1v) is 6.19. The molecule has 2 nitrogen and oxygen atoms in total. The summed E-state index contributed by atoms with van der Waals surface area (Å²) in [5, 5.41) is 0. The lowest BCUT2D eigenvalue weighted by Crippen LogP contribution is -2.18. The largest absolute Gasteiger partial charge is 0.369 e. The van der Waals surface area contributed by atoms with E-state index in [4.69, 9.17) is 11.6 Å². The van der Waals surface area contributed by atoms with Gasteiger partial charge in [0.25, 0.3) is 0 Å². The highest BCUT2D eigenvalue weighted by molar-refractivity contribution is 6.17. The molecule has 0 saturated heterocycles. The Morgan fingerprint density at radius 1 is 1.22 bits per heavy atom. The Kier molecular flexibility index (Phi) is 4.15. The van der Waals surface area contributed by atoms with Crippen LogP contribution in [0.15, 0.2) is 42.7 Å². The molecule has 2 rings (SSSR count). The molecule has 2 aromatic rings. The third kappa shape index (κ3) is 2.79. The molecule has 0 N–H and O–H groups in total. The van der Waals surface area contributed by atoms with Crippen LogP contribution in [0.25, 0.3) is 0 Å². The molecular formula is C14H14ClFN2. The van der Waals surface area contributed by atoms with Gasteiger partial charge < -0.3 is 4.90 Å². The lowest BCUT2D eigenvalue weighted by atomic mass is 10.1. The Balaban J connectivity index is 2.22. The number of rotatable bonds is 4. The Morgan fingerprint density at radius 3 is 2.72 bits per heavy atom. The van der Waals surface area contributed by atoms with Crippen LogP contribution in [0, 0.1) is 5.82 Å². The van der Waals surface area contributed by atoms with Crippen molar-refractivity contribution in [1.82, 2.24) is 4.98 Å². The quantitative estimate of drug-likeness (QED) is 0.785. The topological polar surface area (TPSA) is 16.1 Å². The molecule has 0 aliphatic rings. The third-order valence-electron chi connectivity index (χ3n) is 2.81. The number of alkyl halides is 1. The Hall–Kier alpha value is -1.61. The van der Waals surface area contributed by atoms with Gasteiger partial charge in [-0.25, -0.2) is 4.39 Å². The maximum absolute atomic E-state index is 13.6. The standard InChI is InChI=1S/C14H14ClFN2/c1-18(10-12-4-2-3-5-13(12)16)14-9-17-7-6-11(14)8-15/h2-7,9H,8,10H2,1H3. The van der Waals surface area contributed by atoms with Crippen LogP contribution in [-0.4, -0.2) is 12.0 Å². The predicted octanol–water partition coefficient (Wildman–Crippen LogP) is 3.60. The second-order valence-electron chi connectivity index (χ2n) is 4.09. The van der Waals surface area contributed by atoms with Crippen molar-refractivity contribution in [3.05, 3.63) is 59.7 Å². The number of aromatic nitrogens is 1. The number of anilines is 1. The van der Waals surface area contributed by atoms with Crippen LogP contribution >= 0.6 is 11.6 Å². The normalized spacial score (nSPS) is 10.4. The molecule has 0 fully saturated rings.